The SMILES string of the molecule is O=C1NC(C(=O)Nc2ccc3cc(Br)ccc3c2)CS1. The zero-order valence-electron chi connectivity index (χ0n) is 10.4. The summed E-state index contributed by atoms with van der Waals surface area (Å²) >= 11 is 4.56. The van der Waals surface area contributed by atoms with E-state index < -0.39 is 6.04 Å². The van der Waals surface area contributed by atoms with E-state index in [0.717, 1.165) is 32.7 Å². The van der Waals surface area contributed by atoms with E-state index in [1.54, 1.807) is 0 Å². The molecule has 3 rings (SSSR count). The predicted octanol–water partition coefficient (Wildman–Crippen LogP) is 3.37. The Balaban J connectivity index is 1.79. The number of nitrogens with one attached hydrogen (secondary N) is 2. The third kappa shape index (κ3) is 2.81. The molecule has 4 nitrogen and oxygen atoms in total. The van der Waals surface area contributed by atoms with Gasteiger partial charge in [0, 0.05) is 15.9 Å². The fourth-order valence-corrected chi connectivity index (χ4v) is 3.21. The molecule has 2 aromatic rings. The molecular weight excluding hydrogens is 340 g/mol. The van der Waals surface area contributed by atoms with Gasteiger partial charge in [-0.25, -0.2) is 0 Å². The molecular formula is C14H11BrN2O2S. The van der Waals surface area contributed by atoms with Crippen LogP contribution in [-0.4, -0.2) is 22.9 Å². The molecule has 0 radical (unpaired) electrons. The van der Waals surface area contributed by atoms with E-state index >= 15 is 0 Å². The Labute approximate surface area is 128 Å². The molecule has 20 heavy (non-hydrogen) atoms. The second-order valence-electron chi connectivity index (χ2n) is 4.49. The summed E-state index contributed by atoms with van der Waals surface area (Å²) in [4.78, 5) is 23.1. The van der Waals surface area contributed by atoms with Crippen LogP contribution in [0.25, 0.3) is 10.8 Å². The average Bonchev–Trinajstić information content (AvgIpc) is 2.86. The van der Waals surface area contributed by atoms with Gasteiger partial charge in [0.15, 0.2) is 0 Å². The van der Waals surface area contributed by atoms with Crippen molar-refractivity contribution in [3.63, 3.8) is 0 Å². The molecule has 1 atom stereocenters. The number of hydrogen-bond acceptors (Lipinski definition) is 3. The molecule has 0 saturated carbocycles. The molecule has 0 spiro atoms. The smallest absolute Gasteiger partial charge is 0.279 e. The topological polar surface area (TPSA) is 58.2 Å². The highest BCUT2D eigenvalue weighted by atomic mass is 79.9. The highest BCUT2D eigenvalue weighted by Gasteiger charge is 2.27. The number of hydrogen-bond donors (Lipinski definition) is 2. The van der Waals surface area contributed by atoms with Crippen LogP contribution in [0.4, 0.5) is 10.5 Å². The Bertz CT molecular complexity index is 705. The number of benzene rings is 2. The van der Waals surface area contributed by atoms with Crippen LogP contribution in [0.15, 0.2) is 40.9 Å². The number of carbonyl (C=O) groups excluding carboxylic acids is 2. The number of fused-ring (bicyclic) bond motifs is 1. The largest absolute Gasteiger partial charge is 0.334 e. The van der Waals surface area contributed by atoms with Crippen molar-refractivity contribution in [1.82, 2.24) is 5.32 Å². The van der Waals surface area contributed by atoms with Gasteiger partial charge in [-0.05, 0) is 35.0 Å². The number of rotatable bonds is 2. The van der Waals surface area contributed by atoms with E-state index in [9.17, 15) is 9.59 Å². The number of carbonyl (C=O) groups is 2. The van der Waals surface area contributed by atoms with Gasteiger partial charge in [0.2, 0.25) is 5.91 Å². The van der Waals surface area contributed by atoms with Gasteiger partial charge >= 0.3 is 0 Å². The molecule has 1 unspecified atom stereocenters. The van der Waals surface area contributed by atoms with E-state index in [2.05, 4.69) is 26.6 Å². The first-order valence-electron chi connectivity index (χ1n) is 6.05. The molecule has 1 saturated heterocycles. The molecule has 2 aromatic carbocycles. The summed E-state index contributed by atoms with van der Waals surface area (Å²) in [6.07, 6.45) is 0. The Hall–Kier alpha value is -1.53. The quantitative estimate of drug-likeness (QED) is 0.872. The Morgan fingerprint density at radius 1 is 1.25 bits per heavy atom. The summed E-state index contributed by atoms with van der Waals surface area (Å²) in [5, 5.41) is 7.46. The molecule has 6 heteroatoms. The average molecular weight is 351 g/mol. The van der Waals surface area contributed by atoms with Gasteiger partial charge in [0.25, 0.3) is 5.24 Å². The second kappa shape index (κ2) is 5.46. The molecule has 1 heterocycles. The Kier molecular flexibility index (Phi) is 3.67. The first-order chi connectivity index (χ1) is 9.61. The lowest BCUT2D eigenvalue weighted by atomic mass is 10.1. The molecule has 1 aliphatic rings. The third-order valence-corrected chi connectivity index (χ3v) is 4.43. The molecule has 0 aromatic heterocycles. The van der Waals surface area contributed by atoms with Crippen molar-refractivity contribution < 1.29 is 9.59 Å². The monoisotopic (exact) mass is 350 g/mol. The van der Waals surface area contributed by atoms with Gasteiger partial charge in [0.05, 0.1) is 0 Å². The predicted molar refractivity (Wildman–Crippen MR) is 85.1 cm³/mol. The summed E-state index contributed by atoms with van der Waals surface area (Å²) in [5.41, 5.74) is 0.732. The van der Waals surface area contributed by atoms with Crippen LogP contribution >= 0.6 is 27.7 Å². The van der Waals surface area contributed by atoms with Crippen molar-refractivity contribution in [2.75, 3.05) is 11.1 Å². The van der Waals surface area contributed by atoms with Gasteiger partial charge in [-0.15, -0.1) is 0 Å². The standard InChI is InChI=1S/C14H11BrN2O2S/c15-10-3-1-9-6-11(4-2-8(9)5-10)16-13(18)12-7-20-14(19)17-12/h1-6,12H,7H2,(H,16,18)(H,17,19). The summed E-state index contributed by atoms with van der Waals surface area (Å²) < 4.78 is 1.02. The lowest BCUT2D eigenvalue weighted by Gasteiger charge is -2.11. The maximum atomic E-state index is 12.0. The molecule has 1 fully saturated rings. The minimum atomic E-state index is -0.451. The van der Waals surface area contributed by atoms with E-state index in [1.807, 2.05) is 36.4 Å². The van der Waals surface area contributed by atoms with Gasteiger partial charge in [0.1, 0.15) is 6.04 Å². The summed E-state index contributed by atoms with van der Waals surface area (Å²) in [7, 11) is 0. The minimum Gasteiger partial charge on any atom is -0.334 e. The fraction of sp³-hybridized carbons (Fsp3) is 0.143. The van der Waals surface area contributed by atoms with Crippen LogP contribution in [0, 0.1) is 0 Å². The van der Waals surface area contributed by atoms with Crippen molar-refractivity contribution in [3.8, 4) is 0 Å². The third-order valence-electron chi connectivity index (χ3n) is 3.06. The number of halogens is 1. The van der Waals surface area contributed by atoms with Crippen LogP contribution in [0.1, 0.15) is 0 Å². The highest BCUT2D eigenvalue weighted by molar-refractivity contribution is 9.10. The lowest BCUT2D eigenvalue weighted by Crippen LogP contribution is -2.38. The van der Waals surface area contributed by atoms with E-state index in [-0.39, 0.29) is 11.1 Å². The zero-order valence-corrected chi connectivity index (χ0v) is 12.8. The van der Waals surface area contributed by atoms with E-state index in [4.69, 9.17) is 0 Å². The van der Waals surface area contributed by atoms with Gasteiger partial charge in [-0.2, -0.15) is 0 Å². The number of amides is 2. The van der Waals surface area contributed by atoms with Crippen molar-refractivity contribution in [3.05, 3.63) is 40.9 Å². The highest BCUT2D eigenvalue weighted by Crippen LogP contribution is 2.23. The van der Waals surface area contributed by atoms with Crippen molar-refractivity contribution >= 4 is 55.3 Å². The minimum absolute atomic E-state index is 0.145. The zero-order chi connectivity index (χ0) is 14.1. The number of anilines is 1. The normalized spacial score (nSPS) is 18.1. The van der Waals surface area contributed by atoms with Crippen LogP contribution < -0.4 is 10.6 Å². The molecule has 2 N–H and O–H groups in total. The molecule has 102 valence electrons. The lowest BCUT2D eigenvalue weighted by molar-refractivity contribution is -0.117. The Morgan fingerprint density at radius 2 is 2.00 bits per heavy atom. The summed E-state index contributed by atoms with van der Waals surface area (Å²) in [6, 6.07) is 11.3. The first-order valence-corrected chi connectivity index (χ1v) is 7.83. The summed E-state index contributed by atoms with van der Waals surface area (Å²) in [6.45, 7) is 0. The maximum absolute atomic E-state index is 12.0. The van der Waals surface area contributed by atoms with Gasteiger partial charge < -0.3 is 10.6 Å². The van der Waals surface area contributed by atoms with Crippen molar-refractivity contribution in [2.24, 2.45) is 0 Å². The van der Waals surface area contributed by atoms with Crippen molar-refractivity contribution in [1.29, 1.82) is 0 Å². The van der Waals surface area contributed by atoms with Crippen LogP contribution in [0.2, 0.25) is 0 Å². The maximum Gasteiger partial charge on any atom is 0.279 e. The van der Waals surface area contributed by atoms with Crippen molar-refractivity contribution in [2.45, 2.75) is 6.04 Å². The Morgan fingerprint density at radius 3 is 2.75 bits per heavy atom. The van der Waals surface area contributed by atoms with Gasteiger partial charge in [-0.3, -0.25) is 9.59 Å². The summed E-state index contributed by atoms with van der Waals surface area (Å²) in [5.74, 6) is 0.297. The molecule has 0 bridgehead atoms. The molecule has 0 aliphatic carbocycles. The first kappa shape index (κ1) is 13.5. The second-order valence-corrected chi connectivity index (χ2v) is 6.40. The molecule has 2 amide bonds. The van der Waals surface area contributed by atoms with E-state index in [0.29, 0.717) is 5.75 Å². The molecule has 1 aliphatic heterocycles. The van der Waals surface area contributed by atoms with E-state index in [1.165, 1.54) is 0 Å². The van der Waals surface area contributed by atoms with Gasteiger partial charge in [-0.1, -0.05) is 39.8 Å². The fourth-order valence-electron chi connectivity index (χ4n) is 2.05. The number of thioether (sulfide) groups is 1. The van der Waals surface area contributed by atoms with Crippen LogP contribution in [-0.2, 0) is 4.79 Å². The van der Waals surface area contributed by atoms with Crippen LogP contribution in [0.3, 0.4) is 0 Å². The van der Waals surface area contributed by atoms with Crippen LogP contribution in [0.5, 0.6) is 0 Å².